The van der Waals surface area contributed by atoms with Crippen LogP contribution in [0.25, 0.3) is 0 Å². The van der Waals surface area contributed by atoms with Gasteiger partial charge in [0.1, 0.15) is 5.75 Å². The molecule has 2 rings (SSSR count). The van der Waals surface area contributed by atoms with Crippen LogP contribution in [0.2, 0.25) is 0 Å². The van der Waals surface area contributed by atoms with Crippen molar-refractivity contribution in [2.45, 2.75) is 19.0 Å². The van der Waals surface area contributed by atoms with Gasteiger partial charge in [-0.1, -0.05) is 0 Å². The van der Waals surface area contributed by atoms with Gasteiger partial charge < -0.3 is 10.1 Å². The van der Waals surface area contributed by atoms with E-state index in [0.717, 1.165) is 30.9 Å². The first-order chi connectivity index (χ1) is 8.74. The van der Waals surface area contributed by atoms with Crippen molar-refractivity contribution in [3.8, 4) is 11.8 Å². The Hall–Kier alpha value is -1.57. The molecule has 1 aromatic rings. The molecule has 1 heterocycles. The molecule has 1 saturated heterocycles. The van der Waals surface area contributed by atoms with Gasteiger partial charge >= 0.3 is 0 Å². The molecular formula is C14H19N3O. The lowest BCUT2D eigenvalue weighted by Gasteiger charge is -2.24. The van der Waals surface area contributed by atoms with Crippen LogP contribution in [0.15, 0.2) is 18.2 Å². The summed E-state index contributed by atoms with van der Waals surface area (Å²) in [7, 11) is 3.79. The standard InChI is InChI=1S/C14H19N3O/c1-17(13-5-6-16-9-13)10-12-7-11(8-15)3-4-14(12)18-2/h3-4,7,13,16H,5-6,9-10H2,1-2H3. The predicted octanol–water partition coefficient (Wildman–Crippen LogP) is 1.36. The highest BCUT2D eigenvalue weighted by Gasteiger charge is 2.20. The van der Waals surface area contributed by atoms with Crippen LogP contribution in [0.1, 0.15) is 17.5 Å². The van der Waals surface area contributed by atoms with E-state index in [4.69, 9.17) is 10.00 Å². The van der Waals surface area contributed by atoms with Crippen LogP contribution in [0, 0.1) is 11.3 Å². The van der Waals surface area contributed by atoms with Gasteiger partial charge in [-0.3, -0.25) is 4.90 Å². The molecule has 1 aliphatic rings. The Labute approximate surface area is 108 Å². The second kappa shape index (κ2) is 5.85. The number of rotatable bonds is 4. The molecule has 1 aromatic carbocycles. The maximum atomic E-state index is 8.96. The Kier molecular flexibility index (Phi) is 4.19. The molecule has 1 unspecified atom stereocenters. The molecule has 4 nitrogen and oxygen atoms in total. The zero-order valence-electron chi connectivity index (χ0n) is 10.9. The van der Waals surface area contributed by atoms with Crippen LogP contribution in [0.5, 0.6) is 5.75 Å². The summed E-state index contributed by atoms with van der Waals surface area (Å²) in [6, 6.07) is 8.32. The van der Waals surface area contributed by atoms with Gasteiger partial charge in [-0.05, 0) is 38.2 Å². The van der Waals surface area contributed by atoms with Crippen molar-refractivity contribution in [2.24, 2.45) is 0 Å². The van der Waals surface area contributed by atoms with E-state index in [0.29, 0.717) is 11.6 Å². The molecule has 1 N–H and O–H groups in total. The summed E-state index contributed by atoms with van der Waals surface area (Å²) >= 11 is 0. The third-order valence-corrected chi connectivity index (χ3v) is 3.49. The van der Waals surface area contributed by atoms with Crippen LogP contribution in [0.4, 0.5) is 0 Å². The topological polar surface area (TPSA) is 48.3 Å². The summed E-state index contributed by atoms with van der Waals surface area (Å²) in [6.07, 6.45) is 1.18. The number of methoxy groups -OCH3 is 1. The first-order valence-electron chi connectivity index (χ1n) is 6.22. The van der Waals surface area contributed by atoms with Gasteiger partial charge in [0, 0.05) is 24.7 Å². The van der Waals surface area contributed by atoms with E-state index in [1.807, 2.05) is 12.1 Å². The van der Waals surface area contributed by atoms with Crippen molar-refractivity contribution in [1.29, 1.82) is 5.26 Å². The van der Waals surface area contributed by atoms with Gasteiger partial charge in [0.2, 0.25) is 0 Å². The third kappa shape index (κ3) is 2.81. The number of benzene rings is 1. The summed E-state index contributed by atoms with van der Waals surface area (Å²) in [6.45, 7) is 2.94. The van der Waals surface area contributed by atoms with E-state index in [1.165, 1.54) is 6.42 Å². The molecule has 0 amide bonds. The van der Waals surface area contributed by atoms with Gasteiger partial charge in [0.25, 0.3) is 0 Å². The lowest BCUT2D eigenvalue weighted by molar-refractivity contribution is 0.245. The highest BCUT2D eigenvalue weighted by atomic mass is 16.5. The molecule has 96 valence electrons. The summed E-state index contributed by atoms with van der Waals surface area (Å²) < 4.78 is 5.36. The molecule has 1 fully saturated rings. The first kappa shape index (κ1) is 12.9. The quantitative estimate of drug-likeness (QED) is 0.870. The molecule has 0 spiro atoms. The van der Waals surface area contributed by atoms with E-state index in [9.17, 15) is 0 Å². The fourth-order valence-corrected chi connectivity index (χ4v) is 2.39. The molecular weight excluding hydrogens is 226 g/mol. The van der Waals surface area contributed by atoms with Crippen LogP contribution in [0.3, 0.4) is 0 Å². The second-order valence-corrected chi connectivity index (χ2v) is 4.70. The predicted molar refractivity (Wildman–Crippen MR) is 70.5 cm³/mol. The smallest absolute Gasteiger partial charge is 0.123 e. The highest BCUT2D eigenvalue weighted by Crippen LogP contribution is 2.22. The number of ether oxygens (including phenoxy) is 1. The molecule has 0 bridgehead atoms. The Morgan fingerprint density at radius 1 is 1.56 bits per heavy atom. The highest BCUT2D eigenvalue weighted by molar-refractivity contribution is 5.42. The molecule has 0 aliphatic carbocycles. The number of nitrogens with zero attached hydrogens (tertiary/aromatic N) is 2. The van der Waals surface area contributed by atoms with E-state index < -0.39 is 0 Å². The molecule has 0 aromatic heterocycles. The molecule has 0 radical (unpaired) electrons. The van der Waals surface area contributed by atoms with E-state index in [1.54, 1.807) is 13.2 Å². The Morgan fingerprint density at radius 3 is 3.00 bits per heavy atom. The number of hydrogen-bond donors (Lipinski definition) is 1. The first-order valence-corrected chi connectivity index (χ1v) is 6.22. The minimum Gasteiger partial charge on any atom is -0.496 e. The average molecular weight is 245 g/mol. The molecule has 0 saturated carbocycles. The number of nitrogens with one attached hydrogen (secondary N) is 1. The number of likely N-dealkylation sites (N-methyl/N-ethyl adjacent to an activating group) is 1. The van der Waals surface area contributed by atoms with Crippen molar-refractivity contribution in [3.63, 3.8) is 0 Å². The van der Waals surface area contributed by atoms with Gasteiger partial charge in [-0.2, -0.15) is 5.26 Å². The van der Waals surface area contributed by atoms with E-state index in [2.05, 4.69) is 23.3 Å². The fourth-order valence-electron chi connectivity index (χ4n) is 2.39. The average Bonchev–Trinajstić information content (AvgIpc) is 2.92. The van der Waals surface area contributed by atoms with Crippen LogP contribution in [-0.4, -0.2) is 38.2 Å². The zero-order chi connectivity index (χ0) is 13.0. The molecule has 4 heteroatoms. The van der Waals surface area contributed by atoms with Gasteiger partial charge in [-0.15, -0.1) is 0 Å². The van der Waals surface area contributed by atoms with Crippen molar-refractivity contribution in [3.05, 3.63) is 29.3 Å². The van der Waals surface area contributed by atoms with Crippen molar-refractivity contribution in [2.75, 3.05) is 27.2 Å². The third-order valence-electron chi connectivity index (χ3n) is 3.49. The maximum Gasteiger partial charge on any atom is 0.123 e. The molecule has 1 atom stereocenters. The summed E-state index contributed by atoms with van der Waals surface area (Å²) in [5, 5.41) is 12.3. The zero-order valence-corrected chi connectivity index (χ0v) is 10.9. The van der Waals surface area contributed by atoms with Gasteiger partial charge in [0.05, 0.1) is 18.7 Å². The molecule has 1 aliphatic heterocycles. The Balaban J connectivity index is 2.13. The lowest BCUT2D eigenvalue weighted by Crippen LogP contribution is -2.32. The van der Waals surface area contributed by atoms with Crippen molar-refractivity contribution < 1.29 is 4.74 Å². The van der Waals surface area contributed by atoms with Crippen LogP contribution in [-0.2, 0) is 6.54 Å². The van der Waals surface area contributed by atoms with Crippen LogP contribution < -0.4 is 10.1 Å². The Bertz CT molecular complexity index is 447. The summed E-state index contributed by atoms with van der Waals surface area (Å²) in [4.78, 5) is 2.32. The summed E-state index contributed by atoms with van der Waals surface area (Å²) in [5.74, 6) is 0.854. The lowest BCUT2D eigenvalue weighted by atomic mass is 10.1. The minimum atomic E-state index is 0.570. The van der Waals surface area contributed by atoms with E-state index in [-0.39, 0.29) is 0 Å². The number of nitriles is 1. The monoisotopic (exact) mass is 245 g/mol. The van der Waals surface area contributed by atoms with E-state index >= 15 is 0 Å². The summed E-state index contributed by atoms with van der Waals surface area (Å²) in [5.41, 5.74) is 1.76. The minimum absolute atomic E-state index is 0.570. The molecule has 18 heavy (non-hydrogen) atoms. The number of hydrogen-bond acceptors (Lipinski definition) is 4. The van der Waals surface area contributed by atoms with Gasteiger partial charge in [0.15, 0.2) is 0 Å². The second-order valence-electron chi connectivity index (χ2n) is 4.70. The maximum absolute atomic E-state index is 8.96. The van der Waals surface area contributed by atoms with Gasteiger partial charge in [-0.25, -0.2) is 0 Å². The largest absolute Gasteiger partial charge is 0.496 e. The van der Waals surface area contributed by atoms with Crippen molar-refractivity contribution >= 4 is 0 Å². The Morgan fingerprint density at radius 2 is 2.39 bits per heavy atom. The van der Waals surface area contributed by atoms with Crippen LogP contribution >= 0.6 is 0 Å². The van der Waals surface area contributed by atoms with Crippen molar-refractivity contribution in [1.82, 2.24) is 10.2 Å². The normalized spacial score (nSPS) is 18.9. The SMILES string of the molecule is COc1ccc(C#N)cc1CN(C)C1CCNC1. The fraction of sp³-hybridized carbons (Fsp3) is 0.500.